The zero-order valence-electron chi connectivity index (χ0n) is 18.9. The Balaban J connectivity index is 1.72. The van der Waals surface area contributed by atoms with Crippen molar-refractivity contribution in [3.05, 3.63) is 98.8 Å². The number of aryl methyl sites for hydroxylation is 1. The smallest absolute Gasteiger partial charge is 0.205 e. The molecule has 3 aromatic carbocycles. The van der Waals surface area contributed by atoms with Crippen molar-refractivity contribution in [2.75, 3.05) is 12.8 Å². The molecule has 0 aliphatic rings. The molecule has 2 N–H and O–H groups in total. The second kappa shape index (κ2) is 9.34. The number of ketones is 1. The van der Waals surface area contributed by atoms with Gasteiger partial charge in [-0.3, -0.25) is 4.79 Å². The molecule has 0 fully saturated rings. The Morgan fingerprint density at radius 2 is 1.60 bits per heavy atom. The number of fused-ring (bicyclic) bond motifs is 1. The topological polar surface area (TPSA) is 65.2 Å². The molecule has 174 valence electrons. The molecule has 0 unspecified atom stereocenters. The molecule has 35 heavy (non-hydrogen) atoms. The van der Waals surface area contributed by atoms with Crippen LogP contribution in [0.2, 0.25) is 10.0 Å². The fraction of sp³-hybridized carbons (Fsp3) is 0.0714. The highest BCUT2D eigenvalue weighted by atomic mass is 35.5. The molecule has 5 rings (SSSR count). The third-order valence-electron chi connectivity index (χ3n) is 5.84. The molecule has 0 amide bonds. The van der Waals surface area contributed by atoms with Crippen LogP contribution in [0.1, 0.15) is 20.8 Å². The lowest BCUT2D eigenvalue weighted by molar-refractivity contribution is 0.104. The fourth-order valence-corrected chi connectivity index (χ4v) is 5.31. The molecule has 0 saturated heterocycles. The predicted molar refractivity (Wildman–Crippen MR) is 146 cm³/mol. The van der Waals surface area contributed by atoms with Gasteiger partial charge in [0.15, 0.2) is 0 Å². The molecule has 2 aromatic heterocycles. The second-order valence-corrected chi connectivity index (χ2v) is 9.95. The van der Waals surface area contributed by atoms with E-state index in [1.54, 1.807) is 25.3 Å². The van der Waals surface area contributed by atoms with Gasteiger partial charge in [0.2, 0.25) is 5.78 Å². The summed E-state index contributed by atoms with van der Waals surface area (Å²) in [6.07, 6.45) is 0. The Bertz CT molecular complexity index is 1580. The number of carbonyl (C=O) groups excluding carboxylic acids is 1. The average Bonchev–Trinajstić information content (AvgIpc) is 3.21. The normalized spacial score (nSPS) is 11.1. The SMILES string of the molecule is COc1ccc(-c2cc(-c3ccc(C)cc3)c3c(N)c(C(=O)c4ccc(Cl)c(Cl)c4)sc3n2)cc1. The lowest BCUT2D eigenvalue weighted by atomic mass is 9.98. The number of pyridine rings is 1. The first-order valence-electron chi connectivity index (χ1n) is 10.8. The number of anilines is 1. The van der Waals surface area contributed by atoms with Crippen molar-refractivity contribution in [1.82, 2.24) is 4.98 Å². The molecular weight excluding hydrogens is 499 g/mol. The molecule has 0 saturated carbocycles. The molecule has 4 nitrogen and oxygen atoms in total. The quantitative estimate of drug-likeness (QED) is 0.239. The van der Waals surface area contributed by atoms with Crippen LogP contribution in [-0.4, -0.2) is 17.9 Å². The van der Waals surface area contributed by atoms with Gasteiger partial charge in [-0.15, -0.1) is 11.3 Å². The van der Waals surface area contributed by atoms with Crippen LogP contribution in [0.5, 0.6) is 5.75 Å². The highest BCUT2D eigenvalue weighted by Crippen LogP contribution is 2.42. The number of rotatable bonds is 5. The maximum Gasteiger partial charge on any atom is 0.205 e. The summed E-state index contributed by atoms with van der Waals surface area (Å²) in [4.78, 5) is 19.4. The van der Waals surface area contributed by atoms with Gasteiger partial charge in [0.25, 0.3) is 0 Å². The summed E-state index contributed by atoms with van der Waals surface area (Å²) in [7, 11) is 1.63. The number of methoxy groups -OCH3 is 1. The summed E-state index contributed by atoms with van der Waals surface area (Å²) < 4.78 is 5.29. The van der Waals surface area contributed by atoms with Gasteiger partial charge in [-0.1, -0.05) is 53.0 Å². The molecule has 0 atom stereocenters. The van der Waals surface area contributed by atoms with Crippen LogP contribution in [0.3, 0.4) is 0 Å². The van der Waals surface area contributed by atoms with Gasteiger partial charge >= 0.3 is 0 Å². The Labute approximate surface area is 216 Å². The van der Waals surface area contributed by atoms with Crippen LogP contribution in [-0.2, 0) is 0 Å². The summed E-state index contributed by atoms with van der Waals surface area (Å²) >= 11 is 13.5. The van der Waals surface area contributed by atoms with E-state index >= 15 is 0 Å². The van der Waals surface area contributed by atoms with E-state index in [0.717, 1.165) is 39.1 Å². The van der Waals surface area contributed by atoms with Gasteiger partial charge in [0, 0.05) is 16.5 Å². The van der Waals surface area contributed by atoms with Crippen molar-refractivity contribution in [3.8, 4) is 28.1 Å². The molecule has 0 aliphatic heterocycles. The maximum absolute atomic E-state index is 13.4. The zero-order valence-corrected chi connectivity index (χ0v) is 21.3. The molecule has 0 radical (unpaired) electrons. The zero-order chi connectivity index (χ0) is 24.7. The summed E-state index contributed by atoms with van der Waals surface area (Å²) in [5, 5.41) is 1.47. The number of carbonyl (C=O) groups is 1. The van der Waals surface area contributed by atoms with Crippen LogP contribution >= 0.6 is 34.5 Å². The summed E-state index contributed by atoms with van der Waals surface area (Å²) in [6, 6.07) is 22.8. The largest absolute Gasteiger partial charge is 0.497 e. The summed E-state index contributed by atoms with van der Waals surface area (Å²) in [5.74, 6) is 0.549. The number of ether oxygens (including phenoxy) is 1. The number of nitrogens with zero attached hydrogens (tertiary/aromatic N) is 1. The van der Waals surface area contributed by atoms with Crippen molar-refractivity contribution in [3.63, 3.8) is 0 Å². The van der Waals surface area contributed by atoms with Gasteiger partial charge < -0.3 is 10.5 Å². The van der Waals surface area contributed by atoms with Gasteiger partial charge in [-0.25, -0.2) is 4.98 Å². The van der Waals surface area contributed by atoms with Gasteiger partial charge in [-0.05, 0) is 66.6 Å². The van der Waals surface area contributed by atoms with E-state index < -0.39 is 0 Å². The van der Waals surface area contributed by atoms with E-state index in [9.17, 15) is 4.79 Å². The molecule has 7 heteroatoms. The summed E-state index contributed by atoms with van der Waals surface area (Å²) in [6.45, 7) is 2.04. The molecule has 0 bridgehead atoms. The minimum Gasteiger partial charge on any atom is -0.497 e. The minimum absolute atomic E-state index is 0.218. The molecule has 0 spiro atoms. The number of nitrogens with two attached hydrogens (primary N) is 1. The molecular formula is C28H20Cl2N2O2S. The first-order valence-corrected chi connectivity index (χ1v) is 12.4. The van der Waals surface area contributed by atoms with Crippen LogP contribution in [0, 0.1) is 6.92 Å². The van der Waals surface area contributed by atoms with Crippen molar-refractivity contribution in [2.45, 2.75) is 6.92 Å². The van der Waals surface area contributed by atoms with Gasteiger partial charge in [-0.2, -0.15) is 0 Å². The van der Waals surface area contributed by atoms with Crippen LogP contribution in [0.4, 0.5) is 5.69 Å². The van der Waals surface area contributed by atoms with E-state index in [1.807, 2.05) is 37.3 Å². The van der Waals surface area contributed by atoms with Crippen molar-refractivity contribution >= 4 is 56.2 Å². The van der Waals surface area contributed by atoms with Crippen molar-refractivity contribution in [1.29, 1.82) is 0 Å². The van der Waals surface area contributed by atoms with Gasteiger partial charge in [0.05, 0.1) is 28.5 Å². The number of benzene rings is 3. The Hall–Kier alpha value is -3.38. The van der Waals surface area contributed by atoms with E-state index in [4.69, 9.17) is 38.7 Å². The molecule has 5 aromatic rings. The second-order valence-electron chi connectivity index (χ2n) is 8.13. The fourth-order valence-electron chi connectivity index (χ4n) is 3.93. The first kappa shape index (κ1) is 23.4. The number of thiophene rings is 1. The number of hydrogen-bond donors (Lipinski definition) is 1. The number of aromatic nitrogens is 1. The highest BCUT2D eigenvalue weighted by Gasteiger charge is 2.23. The third kappa shape index (κ3) is 4.39. The highest BCUT2D eigenvalue weighted by molar-refractivity contribution is 7.21. The Morgan fingerprint density at radius 1 is 0.914 bits per heavy atom. The Morgan fingerprint density at radius 3 is 2.26 bits per heavy atom. The van der Waals surface area contributed by atoms with Crippen molar-refractivity contribution < 1.29 is 9.53 Å². The Kier molecular flexibility index (Phi) is 6.24. The van der Waals surface area contributed by atoms with E-state index in [0.29, 0.717) is 31.0 Å². The first-order chi connectivity index (χ1) is 16.9. The van der Waals surface area contributed by atoms with Crippen LogP contribution < -0.4 is 10.5 Å². The van der Waals surface area contributed by atoms with Crippen LogP contribution in [0.15, 0.2) is 72.8 Å². The van der Waals surface area contributed by atoms with Gasteiger partial charge in [0.1, 0.15) is 15.5 Å². The van der Waals surface area contributed by atoms with Crippen LogP contribution in [0.25, 0.3) is 32.6 Å². The maximum atomic E-state index is 13.4. The summed E-state index contributed by atoms with van der Waals surface area (Å²) in [5.41, 5.74) is 12.2. The number of halogens is 2. The number of hydrogen-bond acceptors (Lipinski definition) is 5. The standard InChI is InChI=1S/C28H20Cl2N2O2S/c1-15-3-5-16(6-4-15)20-14-23(17-7-10-19(34-2)11-8-17)32-28-24(20)25(31)27(35-28)26(33)18-9-12-21(29)22(30)13-18/h3-14H,31H2,1-2H3. The van der Waals surface area contributed by atoms with Crippen molar-refractivity contribution in [2.24, 2.45) is 0 Å². The minimum atomic E-state index is -0.218. The van der Waals surface area contributed by atoms with E-state index in [1.165, 1.54) is 11.3 Å². The number of nitrogen functional groups attached to an aromatic ring is 1. The van der Waals surface area contributed by atoms with E-state index in [-0.39, 0.29) is 5.78 Å². The lowest BCUT2D eigenvalue weighted by Gasteiger charge is -2.10. The average molecular weight is 519 g/mol. The molecule has 0 aliphatic carbocycles. The third-order valence-corrected chi connectivity index (χ3v) is 7.67. The predicted octanol–water partition coefficient (Wildman–Crippen LogP) is 8.07. The lowest BCUT2D eigenvalue weighted by Crippen LogP contribution is -2.02. The molecule has 2 heterocycles. The monoisotopic (exact) mass is 518 g/mol. The van der Waals surface area contributed by atoms with E-state index in [2.05, 4.69) is 24.3 Å².